The molecule has 0 spiro atoms. The van der Waals surface area contributed by atoms with Gasteiger partial charge in [0, 0.05) is 11.3 Å². The predicted molar refractivity (Wildman–Crippen MR) is 103 cm³/mol. The highest BCUT2D eigenvalue weighted by Gasteiger charge is 2.29. The highest BCUT2D eigenvalue weighted by molar-refractivity contribution is 6.05. The minimum Gasteiger partial charge on any atom is -0.436 e. The van der Waals surface area contributed by atoms with Crippen LogP contribution < -0.4 is 5.32 Å². The normalized spacial score (nSPS) is 11.2. The highest BCUT2D eigenvalue weighted by Crippen LogP contribution is 2.28. The van der Waals surface area contributed by atoms with Crippen molar-refractivity contribution < 1.29 is 31.2 Å². The average molecular weight is 432 g/mol. The first kappa shape index (κ1) is 20.5. The zero-order valence-corrected chi connectivity index (χ0v) is 15.9. The Balaban J connectivity index is 1.64. The van der Waals surface area contributed by atoms with Crippen LogP contribution in [0.2, 0.25) is 0 Å². The second-order valence-electron chi connectivity index (χ2n) is 6.65. The molecule has 31 heavy (non-hydrogen) atoms. The lowest BCUT2D eigenvalue weighted by molar-refractivity contribution is 0.101. The van der Waals surface area contributed by atoms with E-state index in [1.807, 2.05) is 31.2 Å². The molecule has 0 fully saturated rings. The fraction of sp³-hybridized carbons (Fsp3) is 0.0909. The van der Waals surface area contributed by atoms with Crippen LogP contribution in [0.25, 0.3) is 22.6 Å². The van der Waals surface area contributed by atoms with Crippen LogP contribution in [0.3, 0.4) is 0 Å². The van der Waals surface area contributed by atoms with E-state index in [1.54, 1.807) is 0 Å². The van der Waals surface area contributed by atoms with Crippen LogP contribution in [-0.4, -0.2) is 10.9 Å². The van der Waals surface area contributed by atoms with Gasteiger partial charge in [-0.2, -0.15) is 0 Å². The van der Waals surface area contributed by atoms with E-state index in [1.165, 1.54) is 18.2 Å². The number of amides is 1. The summed E-state index contributed by atoms with van der Waals surface area (Å²) in [7, 11) is 0. The van der Waals surface area contributed by atoms with Crippen molar-refractivity contribution in [2.75, 3.05) is 5.32 Å². The Labute approximate surface area is 172 Å². The summed E-state index contributed by atoms with van der Waals surface area (Å²) in [6.45, 7) is 2.02. The number of oxazole rings is 1. The molecule has 4 nitrogen and oxygen atoms in total. The zero-order chi connectivity index (χ0) is 22.3. The minimum absolute atomic E-state index is 0.0302. The summed E-state index contributed by atoms with van der Waals surface area (Å²) in [6, 6.07) is 11.7. The van der Waals surface area contributed by atoms with Gasteiger partial charge in [-0.25, -0.2) is 26.9 Å². The number of aromatic nitrogens is 1. The molecule has 3 aromatic carbocycles. The van der Waals surface area contributed by atoms with Gasteiger partial charge in [-0.3, -0.25) is 4.79 Å². The number of hydrogen-bond acceptors (Lipinski definition) is 3. The molecule has 0 aliphatic heterocycles. The van der Waals surface area contributed by atoms with Gasteiger partial charge in [-0.05, 0) is 42.3 Å². The number of aryl methyl sites for hydroxylation is 1. The first-order valence-electron chi connectivity index (χ1n) is 9.12. The second kappa shape index (κ2) is 7.82. The Kier molecular flexibility index (Phi) is 5.18. The number of benzene rings is 3. The number of hydrogen-bond donors (Lipinski definition) is 1. The Morgan fingerprint density at radius 2 is 1.52 bits per heavy atom. The molecule has 1 heterocycles. The molecule has 0 aliphatic rings. The summed E-state index contributed by atoms with van der Waals surface area (Å²) in [6.07, 6.45) is 0.875. The van der Waals surface area contributed by atoms with Crippen LogP contribution in [0.5, 0.6) is 0 Å². The number of anilines is 1. The topological polar surface area (TPSA) is 55.1 Å². The van der Waals surface area contributed by atoms with E-state index < -0.39 is 40.6 Å². The van der Waals surface area contributed by atoms with E-state index in [2.05, 4.69) is 10.3 Å². The Bertz CT molecular complexity index is 1290. The smallest absolute Gasteiger partial charge is 0.261 e. The van der Waals surface area contributed by atoms with Crippen LogP contribution in [0.4, 0.5) is 27.6 Å². The number of carbonyl (C=O) groups is 1. The van der Waals surface area contributed by atoms with E-state index in [0.717, 1.165) is 17.5 Å². The molecule has 0 unspecified atom stereocenters. The fourth-order valence-corrected chi connectivity index (χ4v) is 3.01. The number of fused-ring (bicyclic) bond motifs is 1. The van der Waals surface area contributed by atoms with Gasteiger partial charge in [-0.1, -0.05) is 19.1 Å². The number of halogens is 5. The summed E-state index contributed by atoms with van der Waals surface area (Å²) in [5.41, 5.74) is 1.02. The van der Waals surface area contributed by atoms with Crippen molar-refractivity contribution in [3.05, 3.63) is 82.7 Å². The average Bonchev–Trinajstić information content (AvgIpc) is 3.20. The largest absolute Gasteiger partial charge is 0.436 e. The van der Waals surface area contributed by atoms with Crippen molar-refractivity contribution in [3.8, 4) is 11.5 Å². The molecular weight excluding hydrogens is 419 g/mol. The van der Waals surface area contributed by atoms with Crippen molar-refractivity contribution in [2.24, 2.45) is 0 Å². The highest BCUT2D eigenvalue weighted by atomic mass is 19.2. The van der Waals surface area contributed by atoms with Crippen LogP contribution in [0.15, 0.2) is 46.9 Å². The summed E-state index contributed by atoms with van der Waals surface area (Å²) >= 11 is 0. The van der Waals surface area contributed by atoms with Crippen LogP contribution >= 0.6 is 0 Å². The van der Waals surface area contributed by atoms with Gasteiger partial charge in [0.2, 0.25) is 11.7 Å². The third-order valence-corrected chi connectivity index (χ3v) is 4.69. The first-order chi connectivity index (χ1) is 14.8. The number of nitrogens with one attached hydrogen (secondary N) is 1. The summed E-state index contributed by atoms with van der Waals surface area (Å²) in [5.74, 6) is -12.3. The Morgan fingerprint density at radius 1 is 0.903 bits per heavy atom. The minimum atomic E-state index is -2.34. The third kappa shape index (κ3) is 3.63. The van der Waals surface area contributed by atoms with Crippen molar-refractivity contribution in [1.82, 2.24) is 4.98 Å². The van der Waals surface area contributed by atoms with Gasteiger partial charge in [-0.15, -0.1) is 0 Å². The van der Waals surface area contributed by atoms with E-state index in [0.29, 0.717) is 17.0 Å². The number of nitrogens with zero attached hydrogens (tertiary/aromatic N) is 1. The van der Waals surface area contributed by atoms with Crippen molar-refractivity contribution in [2.45, 2.75) is 13.3 Å². The maximum absolute atomic E-state index is 13.8. The fourth-order valence-electron chi connectivity index (χ4n) is 3.01. The summed E-state index contributed by atoms with van der Waals surface area (Å²) < 4.78 is 73.2. The zero-order valence-electron chi connectivity index (χ0n) is 15.9. The van der Waals surface area contributed by atoms with Gasteiger partial charge < -0.3 is 9.73 Å². The summed E-state index contributed by atoms with van der Waals surface area (Å²) in [5, 5.41) is 2.11. The van der Waals surface area contributed by atoms with Gasteiger partial charge >= 0.3 is 0 Å². The number of rotatable bonds is 4. The maximum atomic E-state index is 13.8. The standard InChI is InChI=1S/C22H13F5N2O2/c1-2-10-3-5-11(6-4-10)22-29-13-9-12(7-8-14(13)31-22)28-21(30)15-16(23)18(25)20(27)19(26)17(15)24/h3-9H,2H2,1H3,(H,28,30). The van der Waals surface area contributed by atoms with Gasteiger partial charge in [0.25, 0.3) is 5.91 Å². The first-order valence-corrected chi connectivity index (χ1v) is 9.12. The SMILES string of the molecule is CCc1ccc(-c2nc3cc(NC(=O)c4c(F)c(F)c(F)c(F)c4F)ccc3o2)cc1. The van der Waals surface area contributed by atoms with Crippen LogP contribution in [0.1, 0.15) is 22.8 Å². The predicted octanol–water partition coefficient (Wildman–Crippen LogP) is 6.01. The van der Waals surface area contributed by atoms with Crippen molar-refractivity contribution >= 4 is 22.7 Å². The van der Waals surface area contributed by atoms with Gasteiger partial charge in [0.05, 0.1) is 0 Å². The molecule has 0 saturated carbocycles. The lowest BCUT2D eigenvalue weighted by Gasteiger charge is -2.09. The Hall–Kier alpha value is -3.75. The molecule has 0 atom stereocenters. The molecule has 0 radical (unpaired) electrons. The van der Waals surface area contributed by atoms with E-state index >= 15 is 0 Å². The van der Waals surface area contributed by atoms with Crippen LogP contribution in [-0.2, 0) is 6.42 Å². The lowest BCUT2D eigenvalue weighted by atomic mass is 10.1. The lowest BCUT2D eigenvalue weighted by Crippen LogP contribution is -2.19. The molecule has 0 aliphatic carbocycles. The molecule has 1 N–H and O–H groups in total. The van der Waals surface area contributed by atoms with E-state index in [4.69, 9.17) is 4.42 Å². The summed E-state index contributed by atoms with van der Waals surface area (Å²) in [4.78, 5) is 16.5. The molecule has 4 rings (SSSR count). The van der Waals surface area contributed by atoms with Crippen LogP contribution in [0, 0.1) is 29.1 Å². The van der Waals surface area contributed by atoms with Gasteiger partial charge in [0.15, 0.2) is 28.9 Å². The molecule has 0 bridgehead atoms. The molecule has 4 aromatic rings. The maximum Gasteiger partial charge on any atom is 0.261 e. The van der Waals surface area contributed by atoms with E-state index in [9.17, 15) is 26.7 Å². The Morgan fingerprint density at radius 3 is 2.13 bits per heavy atom. The number of carbonyl (C=O) groups excluding carboxylic acids is 1. The second-order valence-corrected chi connectivity index (χ2v) is 6.65. The quantitative estimate of drug-likeness (QED) is 0.244. The van der Waals surface area contributed by atoms with E-state index in [-0.39, 0.29) is 5.69 Å². The van der Waals surface area contributed by atoms with Crippen molar-refractivity contribution in [3.63, 3.8) is 0 Å². The third-order valence-electron chi connectivity index (χ3n) is 4.69. The molecule has 0 saturated heterocycles. The molecule has 158 valence electrons. The monoisotopic (exact) mass is 432 g/mol. The molecular formula is C22H13F5N2O2. The molecule has 1 aromatic heterocycles. The van der Waals surface area contributed by atoms with Crippen molar-refractivity contribution in [1.29, 1.82) is 0 Å². The molecule has 1 amide bonds. The molecule has 9 heteroatoms. The van der Waals surface area contributed by atoms with Gasteiger partial charge in [0.1, 0.15) is 11.1 Å².